The largest absolute Gasteiger partial charge is 0.294 e. The monoisotopic (exact) mass is 365 g/mol. The highest BCUT2D eigenvalue weighted by molar-refractivity contribution is 7.17. The Bertz CT molecular complexity index is 1040. The molecule has 0 amide bonds. The molecule has 0 atom stereocenters. The first-order valence-electron chi connectivity index (χ1n) is 7.76. The van der Waals surface area contributed by atoms with E-state index in [1.807, 2.05) is 36.5 Å². The zero-order valence-corrected chi connectivity index (χ0v) is 15.2. The summed E-state index contributed by atoms with van der Waals surface area (Å²) in [6.07, 6.45) is 3.68. The minimum absolute atomic E-state index is 0. The van der Waals surface area contributed by atoms with Gasteiger partial charge in [0.25, 0.3) is 0 Å². The molecular weight excluding hydrogens is 350 g/mol. The first-order valence-corrected chi connectivity index (χ1v) is 8.64. The molecule has 0 aliphatic rings. The highest BCUT2D eigenvalue weighted by Gasteiger charge is 2.11. The molecule has 124 valence electrons. The molecule has 0 aliphatic heterocycles. The molecule has 0 N–H and O–H groups in total. The van der Waals surface area contributed by atoms with Crippen molar-refractivity contribution in [3.63, 3.8) is 0 Å². The normalized spacial score (nSPS) is 10.4. The molecule has 2 heterocycles. The summed E-state index contributed by atoms with van der Waals surface area (Å²) in [7, 11) is 0. The Morgan fingerprint density at radius 3 is 2.56 bits per heavy atom. The maximum absolute atomic E-state index is 11.9. The van der Waals surface area contributed by atoms with E-state index in [0.29, 0.717) is 0 Å². The Kier molecular flexibility index (Phi) is 4.98. The number of pyridine rings is 1. The number of rotatable bonds is 3. The van der Waals surface area contributed by atoms with E-state index in [9.17, 15) is 4.79 Å². The third kappa shape index (κ3) is 3.21. The Hall–Kier alpha value is -2.49. The number of Topliss-reactive ketones (excluding diaryl/α,β-unsaturated/α-hetero) is 1. The molecule has 4 rings (SSSR count). The summed E-state index contributed by atoms with van der Waals surface area (Å²) >= 11 is 1.72. The van der Waals surface area contributed by atoms with Gasteiger partial charge in [-0.2, -0.15) is 0 Å². The fraction of sp³-hybridized carbons (Fsp3) is 0.0476. The van der Waals surface area contributed by atoms with Gasteiger partial charge in [-0.05, 0) is 35.6 Å². The number of nitrogens with zero attached hydrogens (tertiary/aromatic N) is 1. The molecule has 0 radical (unpaired) electrons. The highest BCUT2D eigenvalue weighted by atomic mass is 35.5. The summed E-state index contributed by atoms with van der Waals surface area (Å²) in [4.78, 5) is 16.1. The van der Waals surface area contributed by atoms with Crippen LogP contribution in [-0.4, -0.2) is 10.8 Å². The predicted octanol–water partition coefficient (Wildman–Crippen LogP) is 6.25. The minimum Gasteiger partial charge on any atom is -0.294 e. The van der Waals surface area contributed by atoms with Gasteiger partial charge < -0.3 is 0 Å². The van der Waals surface area contributed by atoms with Gasteiger partial charge in [-0.15, -0.1) is 23.7 Å². The molecule has 0 aliphatic carbocycles. The molecule has 2 aromatic carbocycles. The van der Waals surface area contributed by atoms with Gasteiger partial charge in [0.05, 0.1) is 0 Å². The van der Waals surface area contributed by atoms with Crippen molar-refractivity contribution in [2.24, 2.45) is 0 Å². The lowest BCUT2D eigenvalue weighted by atomic mass is 9.96. The fourth-order valence-electron chi connectivity index (χ4n) is 2.98. The van der Waals surface area contributed by atoms with Crippen LogP contribution >= 0.6 is 23.7 Å². The number of benzene rings is 2. The molecule has 0 spiro atoms. The van der Waals surface area contributed by atoms with Crippen molar-refractivity contribution >= 4 is 39.6 Å². The highest BCUT2D eigenvalue weighted by Crippen LogP contribution is 2.36. The Labute approximate surface area is 156 Å². The second-order valence-corrected chi connectivity index (χ2v) is 6.62. The van der Waals surface area contributed by atoms with Crippen LogP contribution < -0.4 is 0 Å². The van der Waals surface area contributed by atoms with Gasteiger partial charge in [-0.25, -0.2) is 0 Å². The third-order valence-electron chi connectivity index (χ3n) is 4.17. The van der Waals surface area contributed by atoms with E-state index in [1.165, 1.54) is 15.6 Å². The second kappa shape index (κ2) is 7.18. The van der Waals surface area contributed by atoms with E-state index in [1.54, 1.807) is 24.5 Å². The van der Waals surface area contributed by atoms with Crippen LogP contribution in [0, 0.1) is 0 Å². The number of ketones is 1. The number of fused-ring (bicyclic) bond motifs is 1. The van der Waals surface area contributed by atoms with Crippen LogP contribution in [0.4, 0.5) is 0 Å². The van der Waals surface area contributed by atoms with Crippen molar-refractivity contribution in [1.29, 1.82) is 0 Å². The van der Waals surface area contributed by atoms with Crippen LogP contribution in [0.15, 0.2) is 72.4 Å². The molecule has 0 saturated carbocycles. The Balaban J connectivity index is 0.00000182. The van der Waals surface area contributed by atoms with Crippen molar-refractivity contribution in [3.8, 4) is 22.3 Å². The molecule has 0 fully saturated rings. The molecule has 0 bridgehead atoms. The number of hydrogen-bond donors (Lipinski definition) is 0. The summed E-state index contributed by atoms with van der Waals surface area (Å²) < 4.78 is 1.21. The molecular formula is C21H16ClNOS. The number of carbonyl (C=O) groups is 1. The van der Waals surface area contributed by atoms with Gasteiger partial charge in [-0.3, -0.25) is 9.78 Å². The van der Waals surface area contributed by atoms with Crippen molar-refractivity contribution in [1.82, 2.24) is 4.98 Å². The van der Waals surface area contributed by atoms with Crippen molar-refractivity contribution in [2.75, 3.05) is 0 Å². The smallest absolute Gasteiger partial charge is 0.160 e. The predicted molar refractivity (Wildman–Crippen MR) is 108 cm³/mol. The summed E-state index contributed by atoms with van der Waals surface area (Å²) in [5.41, 5.74) is 5.16. The average molecular weight is 366 g/mol. The van der Waals surface area contributed by atoms with E-state index in [0.717, 1.165) is 22.3 Å². The lowest BCUT2D eigenvalue weighted by Gasteiger charge is -2.07. The molecule has 2 nitrogen and oxygen atoms in total. The number of aromatic nitrogens is 1. The number of halogens is 1. The van der Waals surface area contributed by atoms with Crippen molar-refractivity contribution < 1.29 is 4.79 Å². The quantitative estimate of drug-likeness (QED) is 0.401. The van der Waals surface area contributed by atoms with Crippen LogP contribution in [0.25, 0.3) is 32.3 Å². The van der Waals surface area contributed by atoms with Crippen LogP contribution in [0.5, 0.6) is 0 Å². The fourth-order valence-corrected chi connectivity index (χ4v) is 3.99. The standard InChI is InChI=1S/C21H15NOS.ClH/c1-14(23)17-6-2-3-7-18(17)15-8-9-19-20(13-24-21(19)11-15)16-5-4-10-22-12-16;/h2-13H,1H3;1H. The summed E-state index contributed by atoms with van der Waals surface area (Å²) in [6.45, 7) is 1.61. The maximum atomic E-state index is 11.9. The zero-order chi connectivity index (χ0) is 16.5. The number of thiophene rings is 1. The van der Waals surface area contributed by atoms with E-state index >= 15 is 0 Å². The third-order valence-corrected chi connectivity index (χ3v) is 5.11. The Morgan fingerprint density at radius 2 is 1.80 bits per heavy atom. The summed E-state index contributed by atoms with van der Waals surface area (Å²) in [5.74, 6) is 0.0907. The van der Waals surface area contributed by atoms with Crippen molar-refractivity contribution in [2.45, 2.75) is 6.92 Å². The lowest BCUT2D eigenvalue weighted by molar-refractivity contribution is 0.101. The molecule has 2 aromatic heterocycles. The Morgan fingerprint density at radius 1 is 0.960 bits per heavy atom. The minimum atomic E-state index is 0. The first-order chi connectivity index (χ1) is 11.7. The zero-order valence-electron chi connectivity index (χ0n) is 13.6. The molecule has 0 saturated heterocycles. The van der Waals surface area contributed by atoms with Crippen LogP contribution in [0.3, 0.4) is 0 Å². The molecule has 4 aromatic rings. The van der Waals surface area contributed by atoms with E-state index in [-0.39, 0.29) is 18.2 Å². The summed E-state index contributed by atoms with van der Waals surface area (Å²) in [6, 6.07) is 18.2. The van der Waals surface area contributed by atoms with Crippen LogP contribution in [-0.2, 0) is 0 Å². The van der Waals surface area contributed by atoms with Gasteiger partial charge in [0.15, 0.2) is 5.78 Å². The SMILES string of the molecule is CC(=O)c1ccccc1-c1ccc2c(-c3cccnc3)csc2c1.Cl. The number of carbonyl (C=O) groups excluding carboxylic acids is 1. The lowest BCUT2D eigenvalue weighted by Crippen LogP contribution is -1.95. The van der Waals surface area contributed by atoms with Crippen LogP contribution in [0.2, 0.25) is 0 Å². The first kappa shape index (κ1) is 17.3. The van der Waals surface area contributed by atoms with E-state index < -0.39 is 0 Å². The molecule has 25 heavy (non-hydrogen) atoms. The maximum Gasteiger partial charge on any atom is 0.160 e. The van der Waals surface area contributed by atoms with Gasteiger partial charge in [0, 0.05) is 39.2 Å². The second-order valence-electron chi connectivity index (χ2n) is 5.70. The van der Waals surface area contributed by atoms with Gasteiger partial charge in [0.1, 0.15) is 0 Å². The van der Waals surface area contributed by atoms with Gasteiger partial charge in [-0.1, -0.05) is 42.5 Å². The van der Waals surface area contributed by atoms with E-state index in [2.05, 4.69) is 34.6 Å². The van der Waals surface area contributed by atoms with Gasteiger partial charge in [0.2, 0.25) is 0 Å². The van der Waals surface area contributed by atoms with Gasteiger partial charge >= 0.3 is 0 Å². The molecule has 4 heteroatoms. The summed E-state index contributed by atoms with van der Waals surface area (Å²) in [5, 5.41) is 3.39. The van der Waals surface area contributed by atoms with E-state index in [4.69, 9.17) is 0 Å². The van der Waals surface area contributed by atoms with Crippen LogP contribution in [0.1, 0.15) is 17.3 Å². The van der Waals surface area contributed by atoms with Crippen molar-refractivity contribution in [3.05, 3.63) is 77.9 Å². The topological polar surface area (TPSA) is 30.0 Å². The number of hydrogen-bond acceptors (Lipinski definition) is 3. The molecule has 0 unspecified atom stereocenters. The average Bonchev–Trinajstić information content (AvgIpc) is 3.05.